The number of anilines is 2. The number of sulfonamides is 1. The van der Waals surface area contributed by atoms with E-state index in [1.54, 1.807) is 48.4 Å². The summed E-state index contributed by atoms with van der Waals surface area (Å²) in [6, 6.07) is 16.8. The van der Waals surface area contributed by atoms with Gasteiger partial charge in [-0.3, -0.25) is 9.59 Å². The van der Waals surface area contributed by atoms with Crippen molar-refractivity contribution in [1.82, 2.24) is 4.31 Å². The number of hydrogen-bond donors (Lipinski definition) is 1. The maximum absolute atomic E-state index is 13.4. The number of methoxy groups -OCH3 is 2. The molecule has 0 aromatic heterocycles. The average molecular weight is 550 g/mol. The molecule has 1 fully saturated rings. The molecule has 2 heterocycles. The van der Waals surface area contributed by atoms with Crippen LogP contribution in [0.25, 0.3) is 0 Å². The van der Waals surface area contributed by atoms with Gasteiger partial charge in [-0.05, 0) is 79.4 Å². The lowest BCUT2D eigenvalue weighted by Crippen LogP contribution is -2.35. The fourth-order valence-electron chi connectivity index (χ4n) is 5.02. The quantitative estimate of drug-likeness (QED) is 0.470. The molecule has 10 heteroatoms. The molecule has 3 aromatic rings. The molecular weight excluding hydrogens is 518 g/mol. The number of amides is 2. The molecule has 1 saturated heterocycles. The van der Waals surface area contributed by atoms with Gasteiger partial charge in [0.15, 0.2) is 0 Å². The highest BCUT2D eigenvalue weighted by atomic mass is 32.2. The molecule has 2 amide bonds. The summed E-state index contributed by atoms with van der Waals surface area (Å²) in [7, 11) is -0.829. The number of carbonyl (C=O) groups excluding carboxylic acids is 2. The Morgan fingerprint density at radius 3 is 2.23 bits per heavy atom. The Hall–Kier alpha value is -3.89. The highest BCUT2D eigenvalue weighted by Gasteiger charge is 2.30. The van der Waals surface area contributed by atoms with Gasteiger partial charge >= 0.3 is 0 Å². The normalized spacial score (nSPS) is 15.5. The molecule has 0 radical (unpaired) electrons. The number of piperidine rings is 1. The van der Waals surface area contributed by atoms with Crippen LogP contribution in [0.15, 0.2) is 65.6 Å². The van der Waals surface area contributed by atoms with E-state index in [9.17, 15) is 18.0 Å². The molecule has 3 aromatic carbocycles. The maximum atomic E-state index is 13.4. The van der Waals surface area contributed by atoms with Gasteiger partial charge in [0.25, 0.3) is 11.8 Å². The van der Waals surface area contributed by atoms with Gasteiger partial charge in [0, 0.05) is 42.1 Å². The summed E-state index contributed by atoms with van der Waals surface area (Å²) >= 11 is 0. The first-order valence-electron chi connectivity index (χ1n) is 12.9. The highest BCUT2D eigenvalue weighted by molar-refractivity contribution is 7.89. The zero-order chi connectivity index (χ0) is 27.6. The minimum absolute atomic E-state index is 0.0234. The van der Waals surface area contributed by atoms with Crippen molar-refractivity contribution in [1.29, 1.82) is 0 Å². The topological polar surface area (TPSA) is 105 Å². The summed E-state index contributed by atoms with van der Waals surface area (Å²) in [5, 5.41) is 2.86. The van der Waals surface area contributed by atoms with Crippen LogP contribution in [0.4, 0.5) is 11.4 Å². The van der Waals surface area contributed by atoms with Gasteiger partial charge in [-0.2, -0.15) is 4.31 Å². The van der Waals surface area contributed by atoms with Gasteiger partial charge in [0.1, 0.15) is 16.4 Å². The first-order valence-corrected chi connectivity index (χ1v) is 14.3. The van der Waals surface area contributed by atoms with E-state index in [0.29, 0.717) is 43.1 Å². The summed E-state index contributed by atoms with van der Waals surface area (Å²) in [5.74, 6) is 0.271. The number of fused-ring (bicyclic) bond motifs is 1. The van der Waals surface area contributed by atoms with E-state index in [4.69, 9.17) is 9.47 Å². The molecule has 0 unspecified atom stereocenters. The van der Waals surface area contributed by atoms with Crippen LogP contribution in [0.2, 0.25) is 0 Å². The van der Waals surface area contributed by atoms with Crippen LogP contribution in [-0.2, 0) is 16.4 Å². The summed E-state index contributed by atoms with van der Waals surface area (Å²) in [6.07, 6.45) is 3.31. The molecule has 5 rings (SSSR count). The van der Waals surface area contributed by atoms with Gasteiger partial charge in [0.2, 0.25) is 10.0 Å². The molecule has 0 aliphatic carbocycles. The van der Waals surface area contributed by atoms with Crippen molar-refractivity contribution in [2.24, 2.45) is 0 Å². The van der Waals surface area contributed by atoms with Crippen molar-refractivity contribution < 1.29 is 27.5 Å². The Morgan fingerprint density at radius 2 is 1.54 bits per heavy atom. The number of hydrogen-bond acceptors (Lipinski definition) is 6. The van der Waals surface area contributed by atoms with E-state index in [-0.39, 0.29) is 22.1 Å². The fourth-order valence-corrected chi connectivity index (χ4v) is 6.72. The number of rotatable bonds is 7. The Labute approximate surface area is 228 Å². The lowest BCUT2D eigenvalue weighted by atomic mass is 10.1. The van der Waals surface area contributed by atoms with Crippen LogP contribution in [0.3, 0.4) is 0 Å². The lowest BCUT2D eigenvalue weighted by Gasteiger charge is -2.26. The third-order valence-corrected chi connectivity index (χ3v) is 9.10. The molecule has 0 atom stereocenters. The SMILES string of the molecule is COc1ccc(C(=O)N2CCc3ccc(NC(=O)c4ccc(OC)c(S(=O)(=O)N5CCCCC5)c4)cc32)cc1. The van der Waals surface area contributed by atoms with E-state index < -0.39 is 15.9 Å². The van der Waals surface area contributed by atoms with Crippen LogP contribution in [-0.4, -0.2) is 58.4 Å². The molecular formula is C29H31N3O6S. The van der Waals surface area contributed by atoms with E-state index in [0.717, 1.165) is 30.5 Å². The first-order chi connectivity index (χ1) is 18.8. The number of carbonyl (C=O) groups is 2. The van der Waals surface area contributed by atoms with Crippen LogP contribution in [0, 0.1) is 0 Å². The van der Waals surface area contributed by atoms with Gasteiger partial charge in [-0.15, -0.1) is 0 Å². The van der Waals surface area contributed by atoms with E-state index in [1.165, 1.54) is 29.6 Å². The Balaban J connectivity index is 1.37. The second kappa shape index (κ2) is 11.1. The van der Waals surface area contributed by atoms with Crippen LogP contribution < -0.4 is 19.7 Å². The molecule has 0 saturated carbocycles. The molecule has 2 aliphatic heterocycles. The standard InChI is InChI=1S/C29H31N3O6S/c1-37-24-11-7-21(8-12-24)29(34)32-17-14-20-6-10-23(19-25(20)32)30-28(33)22-9-13-26(38-2)27(18-22)39(35,36)31-15-4-3-5-16-31/h6-13,18-19H,3-5,14-17H2,1-2H3,(H,30,33). The van der Waals surface area contributed by atoms with Gasteiger partial charge in [-0.1, -0.05) is 12.5 Å². The summed E-state index contributed by atoms with van der Waals surface area (Å²) in [4.78, 5) is 28.1. The molecule has 0 spiro atoms. The molecule has 39 heavy (non-hydrogen) atoms. The van der Waals surface area contributed by atoms with Crippen molar-refractivity contribution in [2.75, 3.05) is 44.1 Å². The van der Waals surface area contributed by atoms with Crippen LogP contribution >= 0.6 is 0 Å². The van der Waals surface area contributed by atoms with Crippen LogP contribution in [0.5, 0.6) is 11.5 Å². The fraction of sp³-hybridized carbons (Fsp3) is 0.310. The highest BCUT2D eigenvalue weighted by Crippen LogP contribution is 2.33. The third kappa shape index (κ3) is 5.35. The lowest BCUT2D eigenvalue weighted by molar-refractivity contribution is 0.0988. The van der Waals surface area contributed by atoms with Gasteiger partial charge < -0.3 is 19.7 Å². The molecule has 0 bridgehead atoms. The molecule has 2 aliphatic rings. The summed E-state index contributed by atoms with van der Waals surface area (Å²) in [6.45, 7) is 1.43. The third-order valence-electron chi connectivity index (χ3n) is 7.18. The minimum Gasteiger partial charge on any atom is -0.497 e. The zero-order valence-corrected chi connectivity index (χ0v) is 22.8. The second-order valence-electron chi connectivity index (χ2n) is 9.56. The van der Waals surface area contributed by atoms with Crippen molar-refractivity contribution in [2.45, 2.75) is 30.6 Å². The second-order valence-corrected chi connectivity index (χ2v) is 11.5. The van der Waals surface area contributed by atoms with E-state index in [1.807, 2.05) is 6.07 Å². The van der Waals surface area contributed by atoms with Gasteiger partial charge in [0.05, 0.1) is 14.2 Å². The number of nitrogens with one attached hydrogen (secondary N) is 1. The van der Waals surface area contributed by atoms with Crippen molar-refractivity contribution in [3.05, 3.63) is 77.4 Å². The zero-order valence-electron chi connectivity index (χ0n) is 22.0. The molecule has 204 valence electrons. The monoisotopic (exact) mass is 549 g/mol. The van der Waals surface area contributed by atoms with E-state index in [2.05, 4.69) is 5.32 Å². The predicted octanol–water partition coefficient (Wildman–Crippen LogP) is 4.33. The Morgan fingerprint density at radius 1 is 0.821 bits per heavy atom. The van der Waals surface area contributed by atoms with Crippen molar-refractivity contribution in [3.8, 4) is 11.5 Å². The van der Waals surface area contributed by atoms with Crippen molar-refractivity contribution >= 4 is 33.2 Å². The van der Waals surface area contributed by atoms with E-state index >= 15 is 0 Å². The minimum atomic E-state index is -3.81. The van der Waals surface area contributed by atoms with Crippen molar-refractivity contribution in [3.63, 3.8) is 0 Å². The predicted molar refractivity (Wildman–Crippen MR) is 148 cm³/mol. The largest absolute Gasteiger partial charge is 0.497 e. The maximum Gasteiger partial charge on any atom is 0.258 e. The number of ether oxygens (including phenoxy) is 2. The first kappa shape index (κ1) is 26.7. The number of benzene rings is 3. The Kier molecular flexibility index (Phi) is 7.58. The molecule has 1 N–H and O–H groups in total. The van der Waals surface area contributed by atoms with Gasteiger partial charge in [-0.25, -0.2) is 8.42 Å². The smallest absolute Gasteiger partial charge is 0.258 e. The van der Waals surface area contributed by atoms with Crippen LogP contribution in [0.1, 0.15) is 45.5 Å². The molecule has 9 nitrogen and oxygen atoms in total. The average Bonchev–Trinajstić information content (AvgIpc) is 3.40. The number of nitrogens with zero attached hydrogens (tertiary/aromatic N) is 2. The summed E-state index contributed by atoms with van der Waals surface area (Å²) < 4.78 is 38.7. The Bertz CT molecular complexity index is 1500. The summed E-state index contributed by atoms with van der Waals surface area (Å²) in [5.41, 5.74) is 2.98.